The Morgan fingerprint density at radius 2 is 2.24 bits per heavy atom. The smallest absolute Gasteiger partial charge is 0.203 e. The molecule has 4 nitrogen and oxygen atoms in total. The van der Waals surface area contributed by atoms with Crippen LogP contribution in [0.25, 0.3) is 0 Å². The minimum Gasteiger partial charge on any atom is -0.351 e. The molecule has 1 aromatic heterocycles. The molecule has 1 atom stereocenters. The van der Waals surface area contributed by atoms with Gasteiger partial charge in [0.15, 0.2) is 0 Å². The molecule has 0 radical (unpaired) electrons. The molecule has 4 heteroatoms. The maximum Gasteiger partial charge on any atom is 0.203 e. The van der Waals surface area contributed by atoms with E-state index in [-0.39, 0.29) is 0 Å². The van der Waals surface area contributed by atoms with Gasteiger partial charge < -0.3 is 14.8 Å². The van der Waals surface area contributed by atoms with E-state index in [1.165, 1.54) is 0 Å². The van der Waals surface area contributed by atoms with Crippen LogP contribution in [-0.4, -0.2) is 41.1 Å². The predicted octanol–water partition coefficient (Wildman–Crippen LogP) is 2.07. The largest absolute Gasteiger partial charge is 0.351 e. The quantitative estimate of drug-likeness (QED) is 0.736. The van der Waals surface area contributed by atoms with Crippen LogP contribution in [0, 0.1) is 5.92 Å². The third-order valence-corrected chi connectivity index (χ3v) is 2.72. The summed E-state index contributed by atoms with van der Waals surface area (Å²) in [5.74, 6) is 1.48. The zero-order valence-electron chi connectivity index (χ0n) is 11.3. The summed E-state index contributed by atoms with van der Waals surface area (Å²) in [5, 5.41) is 3.51. The molecule has 0 saturated carbocycles. The van der Waals surface area contributed by atoms with Gasteiger partial charge in [0, 0.05) is 31.5 Å². The van der Waals surface area contributed by atoms with Gasteiger partial charge in [-0.05, 0) is 20.0 Å². The molecule has 1 N–H and O–H groups in total. The molecule has 0 aromatic carbocycles. The first-order valence-electron chi connectivity index (χ1n) is 6.08. The Hall–Kier alpha value is -1.29. The Balaban J connectivity index is 2.71. The standard InChI is InChI=1S/C13H24N4/c1-6-8-17-9-7-14-13(17)15-12(11(2)3)10-16(4)5/h6-7,9,11-12H,1,8,10H2,2-5H3,(H,14,15). The molecule has 0 fully saturated rings. The first-order valence-corrected chi connectivity index (χ1v) is 6.08. The summed E-state index contributed by atoms with van der Waals surface area (Å²) < 4.78 is 2.07. The van der Waals surface area contributed by atoms with Crippen molar-refractivity contribution < 1.29 is 0 Å². The molecule has 0 spiro atoms. The third-order valence-electron chi connectivity index (χ3n) is 2.72. The van der Waals surface area contributed by atoms with Crippen molar-refractivity contribution in [2.45, 2.75) is 26.4 Å². The second kappa shape index (κ2) is 6.45. The van der Waals surface area contributed by atoms with Gasteiger partial charge in [-0.25, -0.2) is 4.98 Å². The van der Waals surface area contributed by atoms with Gasteiger partial charge >= 0.3 is 0 Å². The Morgan fingerprint density at radius 3 is 2.76 bits per heavy atom. The zero-order valence-corrected chi connectivity index (χ0v) is 11.3. The van der Waals surface area contributed by atoms with Crippen LogP contribution >= 0.6 is 0 Å². The molecule has 96 valence electrons. The van der Waals surface area contributed by atoms with Gasteiger partial charge in [-0.2, -0.15) is 0 Å². The molecule has 0 bridgehead atoms. The summed E-state index contributed by atoms with van der Waals surface area (Å²) in [6, 6.07) is 0.399. The molecule has 1 heterocycles. The number of likely N-dealkylation sites (N-methyl/N-ethyl adjacent to an activating group) is 1. The highest BCUT2D eigenvalue weighted by Crippen LogP contribution is 2.12. The fourth-order valence-corrected chi connectivity index (χ4v) is 1.72. The first kappa shape index (κ1) is 13.8. The highest BCUT2D eigenvalue weighted by molar-refractivity contribution is 5.28. The van der Waals surface area contributed by atoms with E-state index in [1.54, 1.807) is 0 Å². The van der Waals surface area contributed by atoms with E-state index >= 15 is 0 Å². The summed E-state index contributed by atoms with van der Waals surface area (Å²) in [7, 11) is 4.18. The molecule has 0 aliphatic heterocycles. The lowest BCUT2D eigenvalue weighted by Gasteiger charge is -2.26. The van der Waals surface area contributed by atoms with Crippen molar-refractivity contribution in [2.75, 3.05) is 26.0 Å². The number of aromatic nitrogens is 2. The number of nitrogens with zero attached hydrogens (tertiary/aromatic N) is 3. The SMILES string of the molecule is C=CCn1ccnc1NC(CN(C)C)C(C)C. The van der Waals surface area contributed by atoms with E-state index in [2.05, 4.69) is 54.3 Å². The number of hydrogen-bond donors (Lipinski definition) is 1. The lowest BCUT2D eigenvalue weighted by Crippen LogP contribution is -2.37. The Morgan fingerprint density at radius 1 is 1.53 bits per heavy atom. The van der Waals surface area contributed by atoms with Gasteiger partial charge in [0.25, 0.3) is 0 Å². The summed E-state index contributed by atoms with van der Waals surface area (Å²) in [6.45, 7) is 9.99. The molecule has 1 unspecified atom stereocenters. The highest BCUT2D eigenvalue weighted by atomic mass is 15.2. The minimum absolute atomic E-state index is 0.399. The first-order chi connectivity index (χ1) is 8.04. The van der Waals surface area contributed by atoms with Gasteiger partial charge in [-0.1, -0.05) is 19.9 Å². The second-order valence-electron chi connectivity index (χ2n) is 4.95. The van der Waals surface area contributed by atoms with Crippen molar-refractivity contribution >= 4 is 5.95 Å². The molecule has 0 aliphatic carbocycles. The van der Waals surface area contributed by atoms with Crippen molar-refractivity contribution in [1.82, 2.24) is 14.5 Å². The van der Waals surface area contributed by atoms with Gasteiger partial charge in [-0.3, -0.25) is 0 Å². The normalized spacial score (nSPS) is 13.1. The molecule has 1 rings (SSSR count). The van der Waals surface area contributed by atoms with Crippen LogP contribution in [-0.2, 0) is 6.54 Å². The van der Waals surface area contributed by atoms with E-state index in [0.29, 0.717) is 12.0 Å². The summed E-state index contributed by atoms with van der Waals surface area (Å²) in [6.07, 6.45) is 5.67. The van der Waals surface area contributed by atoms with Crippen LogP contribution in [0.2, 0.25) is 0 Å². The highest BCUT2D eigenvalue weighted by Gasteiger charge is 2.16. The van der Waals surface area contributed by atoms with Crippen LogP contribution in [0.3, 0.4) is 0 Å². The number of rotatable bonds is 7. The molecular formula is C13H24N4. The molecule has 0 amide bonds. The van der Waals surface area contributed by atoms with Crippen molar-refractivity contribution in [2.24, 2.45) is 5.92 Å². The summed E-state index contributed by atoms with van der Waals surface area (Å²) in [5.41, 5.74) is 0. The van der Waals surface area contributed by atoms with Crippen molar-refractivity contribution in [3.05, 3.63) is 25.0 Å². The van der Waals surface area contributed by atoms with Crippen molar-refractivity contribution in [1.29, 1.82) is 0 Å². The maximum absolute atomic E-state index is 4.35. The Kier molecular flexibility index (Phi) is 5.22. The van der Waals surface area contributed by atoms with E-state index in [4.69, 9.17) is 0 Å². The Bertz CT molecular complexity index is 341. The Labute approximate surface area is 104 Å². The summed E-state index contributed by atoms with van der Waals surface area (Å²) in [4.78, 5) is 6.54. The van der Waals surface area contributed by atoms with Crippen LogP contribution in [0.1, 0.15) is 13.8 Å². The van der Waals surface area contributed by atoms with E-state index in [9.17, 15) is 0 Å². The van der Waals surface area contributed by atoms with E-state index in [0.717, 1.165) is 19.0 Å². The minimum atomic E-state index is 0.399. The number of imidazole rings is 1. The number of anilines is 1. The van der Waals surface area contributed by atoms with E-state index < -0.39 is 0 Å². The van der Waals surface area contributed by atoms with Crippen LogP contribution in [0.15, 0.2) is 25.0 Å². The number of hydrogen-bond acceptors (Lipinski definition) is 3. The average Bonchev–Trinajstić information content (AvgIpc) is 2.64. The monoisotopic (exact) mass is 236 g/mol. The van der Waals surface area contributed by atoms with Gasteiger partial charge in [0.05, 0.1) is 0 Å². The van der Waals surface area contributed by atoms with E-state index in [1.807, 2.05) is 18.5 Å². The fourth-order valence-electron chi connectivity index (χ4n) is 1.72. The van der Waals surface area contributed by atoms with Gasteiger partial charge in [0.1, 0.15) is 0 Å². The van der Waals surface area contributed by atoms with Gasteiger partial charge in [0.2, 0.25) is 5.95 Å². The zero-order chi connectivity index (χ0) is 12.8. The summed E-state index contributed by atoms with van der Waals surface area (Å²) >= 11 is 0. The third kappa shape index (κ3) is 4.23. The van der Waals surface area contributed by atoms with Gasteiger partial charge in [-0.15, -0.1) is 6.58 Å². The fraction of sp³-hybridized carbons (Fsp3) is 0.615. The topological polar surface area (TPSA) is 33.1 Å². The number of allylic oxidation sites excluding steroid dienone is 1. The number of nitrogens with one attached hydrogen (secondary N) is 1. The molecule has 0 saturated heterocycles. The molecule has 0 aliphatic rings. The van der Waals surface area contributed by atoms with Crippen LogP contribution < -0.4 is 5.32 Å². The maximum atomic E-state index is 4.35. The predicted molar refractivity (Wildman–Crippen MR) is 73.2 cm³/mol. The van der Waals surface area contributed by atoms with Crippen LogP contribution in [0.5, 0.6) is 0 Å². The van der Waals surface area contributed by atoms with Crippen LogP contribution in [0.4, 0.5) is 5.95 Å². The molecule has 1 aromatic rings. The second-order valence-corrected chi connectivity index (χ2v) is 4.95. The lowest BCUT2D eigenvalue weighted by atomic mass is 10.0. The lowest BCUT2D eigenvalue weighted by molar-refractivity contribution is 0.343. The molecular weight excluding hydrogens is 212 g/mol. The van der Waals surface area contributed by atoms with Crippen molar-refractivity contribution in [3.63, 3.8) is 0 Å². The van der Waals surface area contributed by atoms with Crippen molar-refractivity contribution in [3.8, 4) is 0 Å². The average molecular weight is 236 g/mol. The molecule has 17 heavy (non-hydrogen) atoms.